The lowest BCUT2D eigenvalue weighted by atomic mass is 10.2. The van der Waals surface area contributed by atoms with Gasteiger partial charge in [0.05, 0.1) is 9.82 Å². The molecule has 0 radical (unpaired) electrons. The summed E-state index contributed by atoms with van der Waals surface area (Å²) in [5.41, 5.74) is -0.104. The zero-order valence-electron chi connectivity index (χ0n) is 10.7. The van der Waals surface area contributed by atoms with E-state index >= 15 is 0 Å². The van der Waals surface area contributed by atoms with Crippen LogP contribution in [-0.2, 0) is 10.0 Å². The number of nitro benzene ring substituents is 1. The maximum absolute atomic E-state index is 12.4. The summed E-state index contributed by atoms with van der Waals surface area (Å²) < 4.78 is 26.4. The van der Waals surface area contributed by atoms with Gasteiger partial charge in [0.1, 0.15) is 0 Å². The van der Waals surface area contributed by atoms with Crippen LogP contribution in [0.15, 0.2) is 29.2 Å². The second-order valence-corrected chi connectivity index (χ2v) is 6.46. The molecule has 1 atom stereocenters. The van der Waals surface area contributed by atoms with Crippen LogP contribution >= 0.6 is 0 Å². The SMILES string of the molecule is CCC1CCCN1S(=O)(=O)c1ccc([N+](=O)[O-])cc1. The third-order valence-corrected chi connectivity index (χ3v) is 5.41. The molecule has 0 amide bonds. The van der Waals surface area contributed by atoms with E-state index in [2.05, 4.69) is 0 Å². The van der Waals surface area contributed by atoms with Gasteiger partial charge in [-0.1, -0.05) is 6.92 Å². The quantitative estimate of drug-likeness (QED) is 0.626. The molecule has 1 unspecified atom stereocenters. The van der Waals surface area contributed by atoms with Crippen molar-refractivity contribution in [3.05, 3.63) is 34.4 Å². The predicted octanol–water partition coefficient (Wildman–Crippen LogP) is 2.16. The fourth-order valence-corrected chi connectivity index (χ4v) is 4.18. The zero-order valence-corrected chi connectivity index (χ0v) is 11.5. The fraction of sp³-hybridized carbons (Fsp3) is 0.500. The summed E-state index contributed by atoms with van der Waals surface area (Å²) in [6.07, 6.45) is 2.53. The first-order valence-corrected chi connectivity index (χ1v) is 7.67. The summed E-state index contributed by atoms with van der Waals surface area (Å²) in [5.74, 6) is 0. The summed E-state index contributed by atoms with van der Waals surface area (Å²) in [5, 5.41) is 10.6. The van der Waals surface area contributed by atoms with Crippen molar-refractivity contribution < 1.29 is 13.3 Å². The van der Waals surface area contributed by atoms with Crippen LogP contribution in [0.1, 0.15) is 26.2 Å². The molecule has 1 fully saturated rings. The Morgan fingerprint density at radius 1 is 1.37 bits per heavy atom. The Bertz CT molecular complexity index is 568. The minimum absolute atomic E-state index is 0.0418. The highest BCUT2D eigenvalue weighted by molar-refractivity contribution is 7.89. The number of hydrogen-bond donors (Lipinski definition) is 0. The fourth-order valence-electron chi connectivity index (χ4n) is 2.41. The number of hydrogen-bond acceptors (Lipinski definition) is 4. The Morgan fingerprint density at radius 3 is 2.53 bits per heavy atom. The molecule has 6 nitrogen and oxygen atoms in total. The summed E-state index contributed by atoms with van der Waals surface area (Å²) in [6, 6.07) is 5.10. The van der Waals surface area contributed by atoms with E-state index in [4.69, 9.17) is 0 Å². The van der Waals surface area contributed by atoms with Crippen molar-refractivity contribution >= 4 is 15.7 Å². The van der Waals surface area contributed by atoms with Crippen molar-refractivity contribution in [1.29, 1.82) is 0 Å². The van der Waals surface area contributed by atoms with Crippen LogP contribution in [0.4, 0.5) is 5.69 Å². The van der Waals surface area contributed by atoms with Crippen LogP contribution in [0.25, 0.3) is 0 Å². The van der Waals surface area contributed by atoms with Crippen LogP contribution in [0, 0.1) is 10.1 Å². The number of rotatable bonds is 4. The lowest BCUT2D eigenvalue weighted by Gasteiger charge is -2.22. The highest BCUT2D eigenvalue weighted by Crippen LogP contribution is 2.28. The van der Waals surface area contributed by atoms with Crippen LogP contribution in [0.5, 0.6) is 0 Å². The van der Waals surface area contributed by atoms with E-state index in [-0.39, 0.29) is 16.6 Å². The average molecular weight is 284 g/mol. The van der Waals surface area contributed by atoms with Gasteiger partial charge in [0, 0.05) is 24.7 Å². The molecule has 0 bridgehead atoms. The van der Waals surface area contributed by atoms with E-state index < -0.39 is 14.9 Å². The monoisotopic (exact) mass is 284 g/mol. The number of benzene rings is 1. The molecule has 1 aliphatic heterocycles. The Balaban J connectivity index is 2.31. The Morgan fingerprint density at radius 2 is 2.00 bits per heavy atom. The van der Waals surface area contributed by atoms with Crippen LogP contribution in [-0.4, -0.2) is 30.2 Å². The predicted molar refractivity (Wildman–Crippen MR) is 70.3 cm³/mol. The number of nitrogens with zero attached hydrogens (tertiary/aromatic N) is 2. The van der Waals surface area contributed by atoms with Crippen molar-refractivity contribution in [2.24, 2.45) is 0 Å². The largest absolute Gasteiger partial charge is 0.269 e. The first-order chi connectivity index (χ1) is 8.96. The molecular formula is C12H16N2O4S. The minimum Gasteiger partial charge on any atom is -0.258 e. The Hall–Kier alpha value is -1.47. The van der Waals surface area contributed by atoms with Gasteiger partial charge >= 0.3 is 0 Å². The van der Waals surface area contributed by atoms with Gasteiger partial charge in [0.2, 0.25) is 10.0 Å². The van der Waals surface area contributed by atoms with Crippen molar-refractivity contribution in [3.63, 3.8) is 0 Å². The van der Waals surface area contributed by atoms with Crippen molar-refractivity contribution in [2.45, 2.75) is 37.1 Å². The molecule has 19 heavy (non-hydrogen) atoms. The van der Waals surface area contributed by atoms with Crippen molar-refractivity contribution in [2.75, 3.05) is 6.54 Å². The van der Waals surface area contributed by atoms with E-state index in [0.717, 1.165) is 19.3 Å². The Labute approximate surface area is 112 Å². The highest BCUT2D eigenvalue weighted by atomic mass is 32.2. The number of sulfonamides is 1. The summed E-state index contributed by atoms with van der Waals surface area (Å²) in [6.45, 7) is 2.49. The molecule has 0 saturated carbocycles. The Kier molecular flexibility index (Phi) is 3.86. The third kappa shape index (κ3) is 2.62. The molecular weight excluding hydrogens is 268 g/mol. The molecule has 104 valence electrons. The third-order valence-electron chi connectivity index (χ3n) is 3.45. The van der Waals surface area contributed by atoms with Gasteiger partial charge in [-0.25, -0.2) is 8.42 Å². The lowest BCUT2D eigenvalue weighted by molar-refractivity contribution is -0.384. The first kappa shape index (κ1) is 14.0. The lowest BCUT2D eigenvalue weighted by Crippen LogP contribution is -2.35. The number of nitro groups is 1. The molecule has 1 saturated heterocycles. The highest BCUT2D eigenvalue weighted by Gasteiger charge is 2.34. The van der Waals surface area contributed by atoms with Crippen LogP contribution in [0.3, 0.4) is 0 Å². The van der Waals surface area contributed by atoms with E-state index in [9.17, 15) is 18.5 Å². The second-order valence-electron chi connectivity index (χ2n) is 4.57. The van der Waals surface area contributed by atoms with Gasteiger partial charge in [-0.2, -0.15) is 4.31 Å². The van der Waals surface area contributed by atoms with Crippen molar-refractivity contribution in [3.8, 4) is 0 Å². The van der Waals surface area contributed by atoms with Gasteiger partial charge < -0.3 is 0 Å². The molecule has 0 aliphatic carbocycles. The molecule has 0 spiro atoms. The normalized spacial score (nSPS) is 20.6. The molecule has 7 heteroatoms. The van der Waals surface area contributed by atoms with Crippen LogP contribution in [0.2, 0.25) is 0 Å². The minimum atomic E-state index is -3.53. The first-order valence-electron chi connectivity index (χ1n) is 6.23. The van der Waals surface area contributed by atoms with Crippen LogP contribution < -0.4 is 0 Å². The van der Waals surface area contributed by atoms with Crippen molar-refractivity contribution in [1.82, 2.24) is 4.31 Å². The second kappa shape index (κ2) is 5.26. The average Bonchev–Trinajstić information content (AvgIpc) is 2.87. The van der Waals surface area contributed by atoms with Gasteiger partial charge in [-0.3, -0.25) is 10.1 Å². The van der Waals surface area contributed by atoms with Gasteiger partial charge in [-0.15, -0.1) is 0 Å². The molecule has 1 aromatic rings. The molecule has 0 aromatic heterocycles. The molecule has 0 N–H and O–H groups in total. The van der Waals surface area contributed by atoms with E-state index in [1.807, 2.05) is 6.92 Å². The van der Waals surface area contributed by atoms with Gasteiger partial charge in [0.15, 0.2) is 0 Å². The number of non-ortho nitro benzene ring substituents is 1. The van der Waals surface area contributed by atoms with E-state index in [1.54, 1.807) is 0 Å². The van der Waals surface area contributed by atoms with Gasteiger partial charge in [0.25, 0.3) is 5.69 Å². The summed E-state index contributed by atoms with van der Waals surface area (Å²) >= 11 is 0. The molecule has 1 heterocycles. The summed E-state index contributed by atoms with van der Waals surface area (Å²) in [4.78, 5) is 10.1. The molecule has 1 aromatic carbocycles. The standard InChI is InChI=1S/C12H16N2O4S/c1-2-10-4-3-9-13(10)19(17,18)12-7-5-11(6-8-12)14(15)16/h5-8,10H,2-4,9H2,1H3. The zero-order chi connectivity index (χ0) is 14.0. The maximum Gasteiger partial charge on any atom is 0.269 e. The van der Waals surface area contributed by atoms with Gasteiger partial charge in [-0.05, 0) is 31.4 Å². The maximum atomic E-state index is 12.4. The summed E-state index contributed by atoms with van der Waals surface area (Å²) in [7, 11) is -3.53. The smallest absolute Gasteiger partial charge is 0.258 e. The molecule has 1 aliphatic rings. The van der Waals surface area contributed by atoms with E-state index in [0.29, 0.717) is 6.54 Å². The van der Waals surface area contributed by atoms with E-state index in [1.165, 1.54) is 28.6 Å². The topological polar surface area (TPSA) is 80.5 Å². The molecule has 2 rings (SSSR count).